The molecular weight excluding hydrogens is 172 g/mol. The van der Waals surface area contributed by atoms with Crippen molar-refractivity contribution in [1.29, 1.82) is 0 Å². The Balaban J connectivity index is 2.78. The van der Waals surface area contributed by atoms with E-state index in [1.54, 1.807) is 0 Å². The van der Waals surface area contributed by atoms with Crippen molar-refractivity contribution in [1.82, 2.24) is 4.90 Å². The van der Waals surface area contributed by atoms with Crippen LogP contribution in [-0.4, -0.2) is 22.3 Å². The number of hydrogen-bond acceptors (Lipinski definition) is 3. The molecule has 0 aromatic carbocycles. The third-order valence-corrected chi connectivity index (χ3v) is 2.05. The van der Waals surface area contributed by atoms with Gasteiger partial charge in [0.1, 0.15) is 0 Å². The van der Waals surface area contributed by atoms with Crippen LogP contribution >= 0.6 is 0 Å². The lowest BCUT2D eigenvalue weighted by Crippen LogP contribution is -2.32. The molecule has 5 heteroatoms. The van der Waals surface area contributed by atoms with Gasteiger partial charge in [-0.2, -0.15) is 0 Å². The molecule has 1 saturated heterocycles. The largest absolute Gasteiger partial charge is 0.311 e. The molecule has 0 spiro atoms. The van der Waals surface area contributed by atoms with Crippen LogP contribution in [0.5, 0.6) is 0 Å². The first kappa shape index (κ1) is 9.70. The van der Waals surface area contributed by atoms with Crippen LogP contribution in [0.2, 0.25) is 0 Å². The van der Waals surface area contributed by atoms with Gasteiger partial charge < -0.3 is 4.90 Å². The highest BCUT2D eigenvalue weighted by molar-refractivity contribution is 5.75. The molecule has 1 heterocycles. The summed E-state index contributed by atoms with van der Waals surface area (Å²) in [6, 6.07) is 0. The van der Waals surface area contributed by atoms with Gasteiger partial charge in [-0.05, 0) is 19.3 Å². The molecule has 0 aromatic heterocycles. The minimum absolute atomic E-state index is 0.118. The zero-order valence-electron chi connectivity index (χ0n) is 7.52. The Hall–Kier alpha value is -1.39. The molecule has 13 heavy (non-hydrogen) atoms. The third kappa shape index (κ3) is 2.54. The van der Waals surface area contributed by atoms with Crippen LogP contribution in [0.25, 0.3) is 0 Å². The second-order valence-electron chi connectivity index (χ2n) is 3.03. The SMILES string of the molecule is CC(=O)N1CCCC/C1=C\[N+](=O)[O-]. The van der Waals surface area contributed by atoms with Crippen molar-refractivity contribution >= 4 is 5.91 Å². The molecule has 0 bridgehead atoms. The molecule has 0 radical (unpaired) electrons. The van der Waals surface area contributed by atoms with Gasteiger partial charge in [-0.1, -0.05) is 0 Å². The maximum atomic E-state index is 11.1. The van der Waals surface area contributed by atoms with Crippen LogP contribution in [0, 0.1) is 10.1 Å². The average molecular weight is 184 g/mol. The van der Waals surface area contributed by atoms with E-state index in [0.717, 1.165) is 19.0 Å². The molecule has 0 aromatic rings. The smallest absolute Gasteiger partial charge is 0.253 e. The van der Waals surface area contributed by atoms with Gasteiger partial charge in [0.15, 0.2) is 0 Å². The first-order valence-corrected chi connectivity index (χ1v) is 4.23. The van der Waals surface area contributed by atoms with Gasteiger partial charge in [0.2, 0.25) is 5.91 Å². The number of amides is 1. The van der Waals surface area contributed by atoms with Crippen LogP contribution < -0.4 is 0 Å². The quantitative estimate of drug-likeness (QED) is 0.453. The summed E-state index contributed by atoms with van der Waals surface area (Å²) < 4.78 is 0. The van der Waals surface area contributed by atoms with E-state index in [4.69, 9.17) is 0 Å². The molecule has 5 nitrogen and oxygen atoms in total. The number of likely N-dealkylation sites (tertiary alicyclic amines) is 1. The minimum Gasteiger partial charge on any atom is -0.311 e. The predicted octanol–water partition coefficient (Wildman–Crippen LogP) is 1.14. The van der Waals surface area contributed by atoms with Crippen molar-refractivity contribution < 1.29 is 9.72 Å². The molecule has 0 unspecified atom stereocenters. The summed E-state index contributed by atoms with van der Waals surface area (Å²) in [4.78, 5) is 22.3. The van der Waals surface area contributed by atoms with Gasteiger partial charge in [0.05, 0.1) is 10.6 Å². The second-order valence-corrected chi connectivity index (χ2v) is 3.03. The number of nitro groups is 1. The van der Waals surface area contributed by atoms with Gasteiger partial charge in [0.25, 0.3) is 6.20 Å². The predicted molar refractivity (Wildman–Crippen MR) is 46.3 cm³/mol. The maximum absolute atomic E-state index is 11.1. The summed E-state index contributed by atoms with van der Waals surface area (Å²) in [6.07, 6.45) is 3.40. The first-order valence-electron chi connectivity index (χ1n) is 4.23. The van der Waals surface area contributed by atoms with Crippen LogP contribution in [0.1, 0.15) is 26.2 Å². The number of allylic oxidation sites excluding steroid dienone is 1. The normalized spacial score (nSPS) is 20.4. The third-order valence-electron chi connectivity index (χ3n) is 2.05. The van der Waals surface area contributed by atoms with Crippen LogP contribution in [-0.2, 0) is 4.79 Å². The highest BCUT2D eigenvalue weighted by atomic mass is 16.6. The number of piperidine rings is 1. The number of rotatable bonds is 1. The zero-order chi connectivity index (χ0) is 9.84. The van der Waals surface area contributed by atoms with Crippen molar-refractivity contribution in [3.8, 4) is 0 Å². The van der Waals surface area contributed by atoms with E-state index in [1.165, 1.54) is 11.8 Å². The summed E-state index contributed by atoms with van der Waals surface area (Å²) in [7, 11) is 0. The topological polar surface area (TPSA) is 63.5 Å². The van der Waals surface area contributed by atoms with Gasteiger partial charge in [0, 0.05) is 13.5 Å². The highest BCUT2D eigenvalue weighted by Crippen LogP contribution is 2.20. The standard InChI is InChI=1S/C8H12N2O3/c1-7(11)9-5-3-2-4-8(9)6-10(12)13/h6H,2-5H2,1H3/b8-6+. The molecule has 1 aliphatic heterocycles. The first-order chi connectivity index (χ1) is 6.11. The lowest BCUT2D eigenvalue weighted by Gasteiger charge is -2.26. The minimum atomic E-state index is -0.503. The summed E-state index contributed by atoms with van der Waals surface area (Å²) in [5.74, 6) is -0.118. The summed E-state index contributed by atoms with van der Waals surface area (Å²) >= 11 is 0. The van der Waals surface area contributed by atoms with Crippen molar-refractivity contribution in [3.05, 3.63) is 22.0 Å². The molecule has 0 N–H and O–H groups in total. The van der Waals surface area contributed by atoms with Gasteiger partial charge in [-0.25, -0.2) is 0 Å². The second kappa shape index (κ2) is 4.02. The van der Waals surface area contributed by atoms with E-state index < -0.39 is 4.92 Å². The fraction of sp³-hybridized carbons (Fsp3) is 0.625. The van der Waals surface area contributed by atoms with Crippen LogP contribution in [0.4, 0.5) is 0 Å². The van der Waals surface area contributed by atoms with Crippen LogP contribution in [0.15, 0.2) is 11.9 Å². The van der Waals surface area contributed by atoms with Gasteiger partial charge in [-0.15, -0.1) is 0 Å². The van der Waals surface area contributed by atoms with Crippen molar-refractivity contribution in [2.24, 2.45) is 0 Å². The average Bonchev–Trinajstić information content (AvgIpc) is 2.03. The van der Waals surface area contributed by atoms with E-state index in [-0.39, 0.29) is 5.91 Å². The Labute approximate surface area is 76.2 Å². The molecule has 72 valence electrons. The molecule has 0 saturated carbocycles. The van der Waals surface area contributed by atoms with Crippen molar-refractivity contribution in [2.45, 2.75) is 26.2 Å². The Bertz CT molecular complexity index is 260. The van der Waals surface area contributed by atoms with E-state index >= 15 is 0 Å². The zero-order valence-corrected chi connectivity index (χ0v) is 7.52. The number of carbonyl (C=O) groups excluding carboxylic acids is 1. The van der Waals surface area contributed by atoms with E-state index in [0.29, 0.717) is 18.7 Å². The van der Waals surface area contributed by atoms with Gasteiger partial charge in [-0.3, -0.25) is 14.9 Å². The fourth-order valence-corrected chi connectivity index (χ4v) is 1.47. The molecular formula is C8H12N2O3. The fourth-order valence-electron chi connectivity index (χ4n) is 1.47. The van der Waals surface area contributed by atoms with Gasteiger partial charge >= 0.3 is 0 Å². The number of hydrogen-bond donors (Lipinski definition) is 0. The Kier molecular flexibility index (Phi) is 3.00. The van der Waals surface area contributed by atoms with Crippen LogP contribution in [0.3, 0.4) is 0 Å². The summed E-state index contributed by atoms with van der Waals surface area (Å²) in [5.41, 5.74) is 0.531. The monoisotopic (exact) mass is 184 g/mol. The van der Waals surface area contributed by atoms with E-state index in [1.807, 2.05) is 0 Å². The lowest BCUT2D eigenvalue weighted by molar-refractivity contribution is -0.404. The molecule has 1 fully saturated rings. The maximum Gasteiger partial charge on any atom is 0.253 e. The Morgan fingerprint density at radius 1 is 1.62 bits per heavy atom. The molecule has 0 aliphatic carbocycles. The molecule has 1 rings (SSSR count). The van der Waals surface area contributed by atoms with Crippen molar-refractivity contribution in [3.63, 3.8) is 0 Å². The molecule has 1 amide bonds. The van der Waals surface area contributed by atoms with Crippen molar-refractivity contribution in [2.75, 3.05) is 6.54 Å². The lowest BCUT2D eigenvalue weighted by atomic mass is 10.1. The summed E-state index contributed by atoms with van der Waals surface area (Å²) in [5, 5.41) is 10.2. The highest BCUT2D eigenvalue weighted by Gasteiger charge is 2.20. The van der Waals surface area contributed by atoms with E-state index in [2.05, 4.69) is 0 Å². The summed E-state index contributed by atoms with van der Waals surface area (Å²) in [6.45, 7) is 2.04. The Morgan fingerprint density at radius 3 is 2.85 bits per heavy atom. The molecule has 1 aliphatic rings. The molecule has 0 atom stereocenters. The van der Waals surface area contributed by atoms with E-state index in [9.17, 15) is 14.9 Å². The number of nitrogens with zero attached hydrogens (tertiary/aromatic N) is 2. The number of carbonyl (C=O) groups is 1. The Morgan fingerprint density at radius 2 is 2.31 bits per heavy atom.